The van der Waals surface area contributed by atoms with Crippen LogP contribution in [-0.2, 0) is 19.4 Å². The van der Waals surface area contributed by atoms with Gasteiger partial charge in [-0.05, 0) is 68.9 Å². The highest BCUT2D eigenvalue weighted by molar-refractivity contribution is 7.18. The minimum absolute atomic E-state index is 0.0637. The van der Waals surface area contributed by atoms with Gasteiger partial charge >= 0.3 is 0 Å². The number of nitrogens with zero attached hydrogens (tertiary/aromatic N) is 2. The van der Waals surface area contributed by atoms with Gasteiger partial charge in [0, 0.05) is 10.4 Å². The number of benzene rings is 2. The summed E-state index contributed by atoms with van der Waals surface area (Å²) in [5, 5.41) is 0.826. The van der Waals surface area contributed by atoms with Crippen molar-refractivity contribution in [1.29, 1.82) is 0 Å². The van der Waals surface area contributed by atoms with Crippen molar-refractivity contribution in [2.45, 2.75) is 46.1 Å². The zero-order valence-corrected chi connectivity index (χ0v) is 18.8. The van der Waals surface area contributed by atoms with Crippen molar-refractivity contribution in [3.63, 3.8) is 0 Å². The summed E-state index contributed by atoms with van der Waals surface area (Å²) >= 11 is 1.70. The fourth-order valence-electron chi connectivity index (χ4n) is 4.41. The van der Waals surface area contributed by atoms with Crippen molar-refractivity contribution in [2.75, 3.05) is 6.61 Å². The van der Waals surface area contributed by atoms with Crippen LogP contribution in [0.1, 0.15) is 34.4 Å². The van der Waals surface area contributed by atoms with Crippen molar-refractivity contribution < 1.29 is 4.74 Å². The van der Waals surface area contributed by atoms with E-state index in [-0.39, 0.29) is 5.56 Å². The highest BCUT2D eigenvalue weighted by Crippen LogP contribution is 2.35. The molecule has 2 aromatic heterocycles. The molecule has 0 amide bonds. The second-order valence-electron chi connectivity index (χ2n) is 8.32. The number of hydrogen-bond acceptors (Lipinski definition) is 4. The minimum Gasteiger partial charge on any atom is -0.492 e. The van der Waals surface area contributed by atoms with Gasteiger partial charge in [0.1, 0.15) is 23.0 Å². The molecule has 1 aliphatic carbocycles. The molecule has 2 aromatic carbocycles. The van der Waals surface area contributed by atoms with Crippen LogP contribution in [0, 0.1) is 13.8 Å². The van der Waals surface area contributed by atoms with Gasteiger partial charge in [0.25, 0.3) is 5.56 Å². The van der Waals surface area contributed by atoms with Crippen LogP contribution in [-0.4, -0.2) is 16.2 Å². The van der Waals surface area contributed by atoms with E-state index in [1.165, 1.54) is 16.9 Å². The Balaban J connectivity index is 1.58. The van der Waals surface area contributed by atoms with Gasteiger partial charge in [-0.2, -0.15) is 0 Å². The third-order valence-corrected chi connectivity index (χ3v) is 7.11. The summed E-state index contributed by atoms with van der Waals surface area (Å²) in [5.41, 5.74) is 4.57. The lowest BCUT2D eigenvalue weighted by atomic mass is 9.97. The quantitative estimate of drug-likeness (QED) is 0.408. The van der Waals surface area contributed by atoms with Gasteiger partial charge in [-0.3, -0.25) is 9.36 Å². The molecule has 158 valence electrons. The van der Waals surface area contributed by atoms with Crippen molar-refractivity contribution in [2.24, 2.45) is 0 Å². The predicted octanol–water partition coefficient (Wildman–Crippen LogP) is 5.70. The summed E-state index contributed by atoms with van der Waals surface area (Å²) in [6.45, 7) is 4.99. The molecule has 5 rings (SSSR count). The van der Waals surface area contributed by atoms with E-state index in [9.17, 15) is 4.79 Å². The molecule has 31 heavy (non-hydrogen) atoms. The first-order valence-electron chi connectivity index (χ1n) is 10.9. The van der Waals surface area contributed by atoms with Gasteiger partial charge in [0.2, 0.25) is 0 Å². The fraction of sp³-hybridized carbons (Fsp3) is 0.308. The van der Waals surface area contributed by atoms with Crippen molar-refractivity contribution in [3.05, 3.63) is 80.5 Å². The van der Waals surface area contributed by atoms with Crippen molar-refractivity contribution in [1.82, 2.24) is 9.55 Å². The van der Waals surface area contributed by atoms with E-state index in [4.69, 9.17) is 9.72 Å². The van der Waals surface area contributed by atoms with Crippen LogP contribution in [0.2, 0.25) is 0 Å². The molecule has 0 aliphatic heterocycles. The lowest BCUT2D eigenvalue weighted by molar-refractivity contribution is 0.297. The normalized spacial score (nSPS) is 13.4. The zero-order valence-electron chi connectivity index (χ0n) is 18.0. The molecule has 0 spiro atoms. The molecule has 0 N–H and O–H groups in total. The first kappa shape index (κ1) is 20.0. The molecule has 4 nitrogen and oxygen atoms in total. The van der Waals surface area contributed by atoms with Crippen LogP contribution in [0.5, 0.6) is 5.75 Å². The number of rotatable bonds is 5. The van der Waals surface area contributed by atoms with Crippen LogP contribution < -0.4 is 10.3 Å². The van der Waals surface area contributed by atoms with E-state index in [0.717, 1.165) is 57.7 Å². The number of aryl methyl sites for hydroxylation is 4. The summed E-state index contributed by atoms with van der Waals surface area (Å²) in [5.74, 6) is 1.56. The molecule has 5 heteroatoms. The van der Waals surface area contributed by atoms with Crippen molar-refractivity contribution >= 4 is 21.6 Å². The van der Waals surface area contributed by atoms with E-state index in [2.05, 4.69) is 19.1 Å². The Morgan fingerprint density at radius 2 is 1.81 bits per heavy atom. The number of ether oxygens (including phenoxy) is 1. The highest BCUT2D eigenvalue weighted by atomic mass is 32.1. The number of thiophene rings is 1. The molecule has 0 saturated heterocycles. The average Bonchev–Trinajstić information content (AvgIpc) is 3.14. The van der Waals surface area contributed by atoms with Crippen LogP contribution in [0.25, 0.3) is 21.6 Å². The Hall–Kier alpha value is -2.92. The summed E-state index contributed by atoms with van der Waals surface area (Å²) in [6.07, 6.45) is 4.39. The van der Waals surface area contributed by atoms with Crippen LogP contribution in [0.3, 0.4) is 0 Å². The second-order valence-corrected chi connectivity index (χ2v) is 9.40. The molecule has 0 atom stereocenters. The maximum absolute atomic E-state index is 13.7. The standard InChI is InChI=1S/C26H26N2O2S/c1-17-7-5-9-19(15-17)24-27-25-23(21-11-3-4-12-22(21)31-25)26(29)28(24)13-14-30-20-10-6-8-18(2)16-20/h5-10,15-16H,3-4,11-14H2,1-2H3. The SMILES string of the molecule is Cc1cccc(OCCn2c(-c3cccc(C)c3)nc3sc4c(c3c2=O)CCCC4)c1. The Labute approximate surface area is 186 Å². The molecule has 1 aliphatic rings. The Morgan fingerprint density at radius 3 is 2.61 bits per heavy atom. The van der Waals surface area contributed by atoms with E-state index < -0.39 is 0 Å². The van der Waals surface area contributed by atoms with Gasteiger partial charge in [0.15, 0.2) is 0 Å². The molecule has 2 heterocycles. The summed E-state index contributed by atoms with van der Waals surface area (Å²) in [4.78, 5) is 21.0. The van der Waals surface area contributed by atoms with Gasteiger partial charge in [-0.25, -0.2) is 4.98 Å². The highest BCUT2D eigenvalue weighted by Gasteiger charge is 2.22. The van der Waals surface area contributed by atoms with Gasteiger partial charge in [-0.1, -0.05) is 35.9 Å². The predicted molar refractivity (Wildman–Crippen MR) is 127 cm³/mol. The van der Waals surface area contributed by atoms with Crippen LogP contribution >= 0.6 is 11.3 Å². The average molecular weight is 431 g/mol. The molecule has 0 unspecified atom stereocenters. The molecule has 0 fully saturated rings. The van der Waals surface area contributed by atoms with E-state index in [1.54, 1.807) is 11.3 Å². The Kier molecular flexibility index (Phi) is 5.36. The third-order valence-electron chi connectivity index (χ3n) is 5.92. The molecule has 0 bridgehead atoms. The molecular formula is C26H26N2O2S. The number of fused-ring (bicyclic) bond motifs is 3. The van der Waals surface area contributed by atoms with Gasteiger partial charge in [0.05, 0.1) is 11.9 Å². The molecule has 0 radical (unpaired) electrons. The Bertz CT molecular complexity index is 1320. The molecule has 4 aromatic rings. The number of aromatic nitrogens is 2. The third kappa shape index (κ3) is 3.90. The summed E-state index contributed by atoms with van der Waals surface area (Å²) in [6, 6.07) is 16.2. The smallest absolute Gasteiger partial charge is 0.262 e. The zero-order chi connectivity index (χ0) is 21.4. The van der Waals surface area contributed by atoms with Gasteiger partial charge < -0.3 is 4.74 Å². The van der Waals surface area contributed by atoms with E-state index in [1.807, 2.05) is 47.9 Å². The van der Waals surface area contributed by atoms with Crippen LogP contribution in [0.4, 0.5) is 0 Å². The number of hydrogen-bond donors (Lipinski definition) is 0. The summed E-state index contributed by atoms with van der Waals surface area (Å²) < 4.78 is 7.80. The van der Waals surface area contributed by atoms with E-state index in [0.29, 0.717) is 13.2 Å². The van der Waals surface area contributed by atoms with E-state index >= 15 is 0 Å². The fourth-order valence-corrected chi connectivity index (χ4v) is 5.66. The lowest BCUT2D eigenvalue weighted by Gasteiger charge is -2.15. The largest absolute Gasteiger partial charge is 0.492 e. The first-order valence-corrected chi connectivity index (χ1v) is 11.7. The summed E-state index contributed by atoms with van der Waals surface area (Å²) in [7, 11) is 0. The topological polar surface area (TPSA) is 44.1 Å². The van der Waals surface area contributed by atoms with Crippen LogP contribution in [0.15, 0.2) is 53.3 Å². The lowest BCUT2D eigenvalue weighted by Crippen LogP contribution is -2.26. The van der Waals surface area contributed by atoms with Crippen molar-refractivity contribution in [3.8, 4) is 17.1 Å². The molecular weight excluding hydrogens is 404 g/mol. The minimum atomic E-state index is 0.0637. The molecule has 0 saturated carbocycles. The first-order chi connectivity index (χ1) is 15.1. The van der Waals surface area contributed by atoms with Gasteiger partial charge in [-0.15, -0.1) is 11.3 Å². The Morgan fingerprint density at radius 1 is 1.03 bits per heavy atom. The maximum atomic E-state index is 13.7. The second kappa shape index (κ2) is 8.31. The maximum Gasteiger partial charge on any atom is 0.262 e. The monoisotopic (exact) mass is 430 g/mol.